The smallest absolute Gasteiger partial charge is 0.338 e. The van der Waals surface area contributed by atoms with E-state index in [9.17, 15) is 15.0 Å². The maximum absolute atomic E-state index is 11.3. The number of carboxylic acids is 1. The monoisotopic (exact) mass is 341 g/mol. The van der Waals surface area contributed by atoms with Crippen LogP contribution < -0.4 is 5.32 Å². The molecule has 0 aromatic heterocycles. The van der Waals surface area contributed by atoms with Crippen LogP contribution in [0.25, 0.3) is 0 Å². The number of carboxylic acid groups (broad SMARTS) is 1. The molecule has 4 nitrogen and oxygen atoms in total. The summed E-state index contributed by atoms with van der Waals surface area (Å²) in [4.78, 5) is 11.3. The van der Waals surface area contributed by atoms with Crippen LogP contribution in [0.5, 0.6) is 0 Å². The van der Waals surface area contributed by atoms with Crippen molar-refractivity contribution < 1.29 is 15.0 Å². The molecule has 1 aromatic rings. The van der Waals surface area contributed by atoms with Gasteiger partial charge in [0.05, 0.1) is 12.2 Å². The number of aliphatic hydroxyl groups is 1. The Balaban J connectivity index is 2.14. The minimum Gasteiger partial charge on any atom is -0.478 e. The number of carbonyl (C=O) groups is 1. The number of anilines is 1. The van der Waals surface area contributed by atoms with Gasteiger partial charge in [-0.05, 0) is 40.9 Å². The van der Waals surface area contributed by atoms with E-state index in [1.807, 2.05) is 6.07 Å². The third kappa shape index (κ3) is 3.33. The summed E-state index contributed by atoms with van der Waals surface area (Å²) in [7, 11) is 0. The van der Waals surface area contributed by atoms with Gasteiger partial charge in [-0.25, -0.2) is 4.79 Å². The fourth-order valence-electron chi connectivity index (χ4n) is 2.86. The van der Waals surface area contributed by atoms with Crippen LogP contribution in [0.3, 0.4) is 0 Å². The Morgan fingerprint density at radius 2 is 2.00 bits per heavy atom. The molecule has 0 heterocycles. The highest BCUT2D eigenvalue weighted by atomic mass is 79.9. The molecule has 0 aliphatic heterocycles. The van der Waals surface area contributed by atoms with E-state index >= 15 is 0 Å². The van der Waals surface area contributed by atoms with Crippen molar-refractivity contribution in [1.82, 2.24) is 0 Å². The minimum absolute atomic E-state index is 0.115. The number of rotatable bonds is 5. The summed E-state index contributed by atoms with van der Waals surface area (Å²) >= 11 is 3.27. The molecule has 1 aliphatic rings. The Morgan fingerprint density at radius 1 is 1.30 bits per heavy atom. The predicted molar refractivity (Wildman–Crippen MR) is 82.2 cm³/mol. The molecule has 0 spiro atoms. The van der Waals surface area contributed by atoms with Crippen LogP contribution in [-0.2, 0) is 0 Å². The molecule has 0 unspecified atom stereocenters. The molecule has 2 rings (SSSR count). The minimum atomic E-state index is -0.957. The molecule has 20 heavy (non-hydrogen) atoms. The van der Waals surface area contributed by atoms with E-state index in [2.05, 4.69) is 21.2 Å². The fourth-order valence-corrected chi connectivity index (χ4v) is 3.40. The fraction of sp³-hybridized carbons (Fsp3) is 0.533. The van der Waals surface area contributed by atoms with Crippen molar-refractivity contribution in [1.29, 1.82) is 0 Å². The molecule has 3 N–H and O–H groups in total. The standard InChI is InChI=1S/C15H20BrNO3/c16-11-5-4-6-12(13(11)14(19)20)17-9-15(10-18)7-2-1-3-8-15/h4-6,17-18H,1-3,7-10H2,(H,19,20). The van der Waals surface area contributed by atoms with Gasteiger partial charge >= 0.3 is 5.97 Å². The van der Waals surface area contributed by atoms with Gasteiger partial charge in [-0.3, -0.25) is 0 Å². The SMILES string of the molecule is O=C(O)c1c(Br)cccc1NCC1(CO)CCCCC1. The normalized spacial score (nSPS) is 17.7. The van der Waals surface area contributed by atoms with Crippen molar-refractivity contribution in [2.75, 3.05) is 18.5 Å². The lowest BCUT2D eigenvalue weighted by Crippen LogP contribution is -2.35. The number of halogens is 1. The lowest BCUT2D eigenvalue weighted by molar-refractivity contribution is 0.0696. The van der Waals surface area contributed by atoms with Gasteiger partial charge in [-0.1, -0.05) is 25.3 Å². The van der Waals surface area contributed by atoms with E-state index in [-0.39, 0.29) is 17.6 Å². The summed E-state index contributed by atoms with van der Waals surface area (Å²) in [5.74, 6) is -0.957. The highest BCUT2D eigenvalue weighted by molar-refractivity contribution is 9.10. The molecule has 5 heteroatoms. The van der Waals surface area contributed by atoms with Crippen LogP contribution in [0.15, 0.2) is 22.7 Å². The molecule has 1 saturated carbocycles. The molecule has 1 aliphatic carbocycles. The average molecular weight is 342 g/mol. The van der Waals surface area contributed by atoms with Gasteiger partial charge in [-0.2, -0.15) is 0 Å². The lowest BCUT2D eigenvalue weighted by atomic mass is 9.74. The number of aliphatic hydroxyl groups excluding tert-OH is 1. The topological polar surface area (TPSA) is 69.6 Å². The first-order chi connectivity index (χ1) is 9.58. The van der Waals surface area contributed by atoms with Crippen molar-refractivity contribution in [3.63, 3.8) is 0 Å². The lowest BCUT2D eigenvalue weighted by Gasteiger charge is -2.36. The average Bonchev–Trinajstić information content (AvgIpc) is 2.45. The van der Waals surface area contributed by atoms with Gasteiger partial charge in [0.2, 0.25) is 0 Å². The molecule has 1 fully saturated rings. The molecule has 0 amide bonds. The van der Waals surface area contributed by atoms with E-state index in [0.717, 1.165) is 25.7 Å². The second kappa shape index (κ2) is 6.59. The number of benzene rings is 1. The summed E-state index contributed by atoms with van der Waals surface area (Å²) in [6, 6.07) is 5.30. The summed E-state index contributed by atoms with van der Waals surface area (Å²) < 4.78 is 0.566. The van der Waals surface area contributed by atoms with Gasteiger partial charge in [0.15, 0.2) is 0 Å². The van der Waals surface area contributed by atoms with Crippen LogP contribution in [0.4, 0.5) is 5.69 Å². The number of hydrogen-bond acceptors (Lipinski definition) is 3. The van der Waals surface area contributed by atoms with Gasteiger partial charge < -0.3 is 15.5 Å². The van der Waals surface area contributed by atoms with Crippen molar-refractivity contribution >= 4 is 27.6 Å². The molecule has 110 valence electrons. The van der Waals surface area contributed by atoms with Crippen LogP contribution >= 0.6 is 15.9 Å². The van der Waals surface area contributed by atoms with Crippen LogP contribution in [-0.4, -0.2) is 29.3 Å². The van der Waals surface area contributed by atoms with Crippen LogP contribution in [0, 0.1) is 5.41 Å². The van der Waals surface area contributed by atoms with Gasteiger partial charge in [-0.15, -0.1) is 0 Å². The molecule has 0 bridgehead atoms. The second-order valence-corrected chi connectivity index (χ2v) is 6.39. The Bertz CT molecular complexity index is 484. The largest absolute Gasteiger partial charge is 0.478 e. The Kier molecular flexibility index (Phi) is 5.05. The second-order valence-electron chi connectivity index (χ2n) is 5.54. The number of hydrogen-bond donors (Lipinski definition) is 3. The van der Waals surface area contributed by atoms with Crippen molar-refractivity contribution in [2.24, 2.45) is 5.41 Å². The molecule has 1 aromatic carbocycles. The zero-order valence-corrected chi connectivity index (χ0v) is 12.9. The van der Waals surface area contributed by atoms with Crippen molar-refractivity contribution in [3.05, 3.63) is 28.2 Å². The summed E-state index contributed by atoms with van der Waals surface area (Å²) in [6.45, 7) is 0.761. The Hall–Kier alpha value is -1.07. The van der Waals surface area contributed by atoms with Gasteiger partial charge in [0.25, 0.3) is 0 Å². The van der Waals surface area contributed by atoms with Crippen molar-refractivity contribution in [3.8, 4) is 0 Å². The molecular formula is C15H20BrNO3. The third-order valence-corrected chi connectivity index (χ3v) is 4.79. The first-order valence-corrected chi connectivity index (χ1v) is 7.74. The summed E-state index contributed by atoms with van der Waals surface area (Å²) in [5.41, 5.74) is 0.734. The van der Waals surface area contributed by atoms with E-state index in [4.69, 9.17) is 0 Å². The summed E-state index contributed by atoms with van der Waals surface area (Å²) in [6.07, 6.45) is 5.47. The highest BCUT2D eigenvalue weighted by Crippen LogP contribution is 2.36. The van der Waals surface area contributed by atoms with E-state index < -0.39 is 5.97 Å². The molecule has 0 saturated heterocycles. The number of nitrogens with one attached hydrogen (secondary N) is 1. The van der Waals surface area contributed by atoms with Crippen LogP contribution in [0.1, 0.15) is 42.5 Å². The maximum atomic E-state index is 11.3. The Labute approximate surface area is 127 Å². The molecule has 0 atom stereocenters. The zero-order valence-electron chi connectivity index (χ0n) is 11.4. The van der Waals surface area contributed by atoms with Crippen molar-refractivity contribution in [2.45, 2.75) is 32.1 Å². The van der Waals surface area contributed by atoms with Crippen LogP contribution in [0.2, 0.25) is 0 Å². The summed E-state index contributed by atoms with van der Waals surface area (Å²) in [5, 5.41) is 22.2. The highest BCUT2D eigenvalue weighted by Gasteiger charge is 2.31. The first kappa shape index (κ1) is 15.3. The quantitative estimate of drug-likeness (QED) is 0.766. The molecule has 0 radical (unpaired) electrons. The van der Waals surface area contributed by atoms with E-state index in [0.29, 0.717) is 16.7 Å². The predicted octanol–water partition coefficient (Wildman–Crippen LogP) is 3.50. The first-order valence-electron chi connectivity index (χ1n) is 6.94. The maximum Gasteiger partial charge on any atom is 0.338 e. The zero-order chi connectivity index (χ0) is 14.6. The van der Waals surface area contributed by atoms with Gasteiger partial charge in [0, 0.05) is 22.1 Å². The molecular weight excluding hydrogens is 322 g/mol. The van der Waals surface area contributed by atoms with Gasteiger partial charge in [0.1, 0.15) is 0 Å². The van der Waals surface area contributed by atoms with E-state index in [1.165, 1.54) is 6.42 Å². The number of aromatic carboxylic acids is 1. The van der Waals surface area contributed by atoms with E-state index in [1.54, 1.807) is 12.1 Å². The third-order valence-electron chi connectivity index (χ3n) is 4.13. The Morgan fingerprint density at radius 3 is 2.60 bits per heavy atom.